The van der Waals surface area contributed by atoms with E-state index in [-0.39, 0.29) is 11.6 Å². The van der Waals surface area contributed by atoms with Gasteiger partial charge < -0.3 is 9.84 Å². The van der Waals surface area contributed by atoms with E-state index in [0.29, 0.717) is 21.5 Å². The van der Waals surface area contributed by atoms with Crippen molar-refractivity contribution in [2.75, 3.05) is 5.32 Å². The zero-order valence-electron chi connectivity index (χ0n) is 8.83. The van der Waals surface area contributed by atoms with E-state index >= 15 is 0 Å². The number of hydrogen-bond donors (Lipinski definition) is 1. The molecule has 1 heterocycles. The van der Waals surface area contributed by atoms with Gasteiger partial charge in [-0.3, -0.25) is 4.79 Å². The molecule has 0 bridgehead atoms. The quantitative estimate of drug-likeness (QED) is 0.908. The Kier molecular flexibility index (Phi) is 3.36. The molecule has 1 N–H and O–H groups in total. The molecule has 1 aromatic carbocycles. The molecule has 17 heavy (non-hydrogen) atoms. The van der Waals surface area contributed by atoms with Crippen molar-refractivity contribution in [1.82, 2.24) is 5.16 Å². The Morgan fingerprint density at radius 3 is 2.71 bits per heavy atom. The average molecular weight is 271 g/mol. The Bertz CT molecular complexity index is 566. The van der Waals surface area contributed by atoms with Gasteiger partial charge in [-0.2, -0.15) is 0 Å². The number of anilines is 1. The van der Waals surface area contributed by atoms with Crippen molar-refractivity contribution in [2.45, 2.75) is 6.92 Å². The summed E-state index contributed by atoms with van der Waals surface area (Å²) >= 11 is 11.7. The molecule has 1 aromatic heterocycles. The van der Waals surface area contributed by atoms with E-state index in [1.54, 1.807) is 31.2 Å². The average Bonchev–Trinajstić information content (AvgIpc) is 2.69. The second-order valence-corrected chi connectivity index (χ2v) is 4.24. The molecule has 4 nitrogen and oxygen atoms in total. The molecule has 0 unspecified atom stereocenters. The van der Waals surface area contributed by atoms with Crippen molar-refractivity contribution < 1.29 is 9.32 Å². The molecule has 2 rings (SSSR count). The van der Waals surface area contributed by atoms with Crippen molar-refractivity contribution in [2.24, 2.45) is 0 Å². The highest BCUT2D eigenvalue weighted by molar-refractivity contribution is 6.36. The molecular weight excluding hydrogens is 263 g/mol. The standard InChI is InChI=1S/C11H8Cl2N2O2/c1-6-4-10(15-17-6)11(16)14-9-3-2-7(12)5-8(9)13/h2-5H,1H3,(H,14,16). The van der Waals surface area contributed by atoms with Crippen LogP contribution in [0, 0.1) is 6.92 Å². The van der Waals surface area contributed by atoms with Crippen LogP contribution >= 0.6 is 23.2 Å². The Hall–Kier alpha value is -1.52. The Balaban J connectivity index is 2.18. The number of halogens is 2. The number of amides is 1. The lowest BCUT2D eigenvalue weighted by Gasteiger charge is -2.05. The first-order valence-corrected chi connectivity index (χ1v) is 5.51. The second-order valence-electron chi connectivity index (χ2n) is 3.40. The molecule has 6 heteroatoms. The van der Waals surface area contributed by atoms with Crippen LogP contribution in [0.4, 0.5) is 5.69 Å². The van der Waals surface area contributed by atoms with Crippen LogP contribution in [0.5, 0.6) is 0 Å². The van der Waals surface area contributed by atoms with Crippen molar-refractivity contribution in [1.29, 1.82) is 0 Å². The number of aryl methyl sites for hydroxylation is 1. The van der Waals surface area contributed by atoms with E-state index < -0.39 is 0 Å². The third kappa shape index (κ3) is 2.78. The number of carbonyl (C=O) groups excluding carboxylic acids is 1. The number of carbonyl (C=O) groups is 1. The monoisotopic (exact) mass is 270 g/mol. The molecule has 88 valence electrons. The van der Waals surface area contributed by atoms with E-state index in [4.69, 9.17) is 27.7 Å². The fraction of sp³-hybridized carbons (Fsp3) is 0.0909. The molecule has 0 aliphatic rings. The second kappa shape index (κ2) is 4.77. The minimum Gasteiger partial charge on any atom is -0.361 e. The number of rotatable bonds is 2. The largest absolute Gasteiger partial charge is 0.361 e. The smallest absolute Gasteiger partial charge is 0.277 e. The fourth-order valence-corrected chi connectivity index (χ4v) is 1.71. The maximum atomic E-state index is 11.7. The number of nitrogens with one attached hydrogen (secondary N) is 1. The van der Waals surface area contributed by atoms with E-state index in [0.717, 1.165) is 0 Å². The summed E-state index contributed by atoms with van der Waals surface area (Å²) in [6, 6.07) is 6.35. The summed E-state index contributed by atoms with van der Waals surface area (Å²) in [5.41, 5.74) is 0.676. The van der Waals surface area contributed by atoms with Gasteiger partial charge in [0.05, 0.1) is 10.7 Å². The Morgan fingerprint density at radius 2 is 2.12 bits per heavy atom. The summed E-state index contributed by atoms with van der Waals surface area (Å²) in [4.78, 5) is 11.7. The fourth-order valence-electron chi connectivity index (χ4n) is 1.25. The van der Waals surface area contributed by atoms with Gasteiger partial charge in [0, 0.05) is 11.1 Å². The highest BCUT2D eigenvalue weighted by atomic mass is 35.5. The molecule has 1 amide bonds. The normalized spacial score (nSPS) is 10.3. The topological polar surface area (TPSA) is 55.1 Å². The lowest BCUT2D eigenvalue weighted by Crippen LogP contribution is -2.12. The van der Waals surface area contributed by atoms with Gasteiger partial charge in [-0.1, -0.05) is 28.4 Å². The first kappa shape index (κ1) is 12.0. The molecule has 0 spiro atoms. The zero-order valence-corrected chi connectivity index (χ0v) is 10.3. The summed E-state index contributed by atoms with van der Waals surface area (Å²) in [6.07, 6.45) is 0. The number of hydrogen-bond acceptors (Lipinski definition) is 3. The highest BCUT2D eigenvalue weighted by Gasteiger charge is 2.12. The molecule has 0 aliphatic heterocycles. The van der Waals surface area contributed by atoms with Gasteiger partial charge in [0.1, 0.15) is 5.76 Å². The van der Waals surface area contributed by atoms with Crippen molar-refractivity contribution in [3.05, 3.63) is 45.8 Å². The number of aromatic nitrogens is 1. The van der Waals surface area contributed by atoms with E-state index in [1.807, 2.05) is 0 Å². The van der Waals surface area contributed by atoms with Gasteiger partial charge in [-0.15, -0.1) is 0 Å². The maximum absolute atomic E-state index is 11.7. The van der Waals surface area contributed by atoms with Gasteiger partial charge in [0.25, 0.3) is 5.91 Å². The van der Waals surface area contributed by atoms with E-state index in [1.165, 1.54) is 0 Å². The third-order valence-corrected chi connectivity index (χ3v) is 2.59. The predicted octanol–water partition coefficient (Wildman–Crippen LogP) is 3.54. The molecule has 0 saturated heterocycles. The minimum absolute atomic E-state index is 0.202. The SMILES string of the molecule is Cc1cc(C(=O)Nc2ccc(Cl)cc2Cl)no1. The molecule has 0 atom stereocenters. The first-order valence-electron chi connectivity index (χ1n) is 4.76. The summed E-state index contributed by atoms with van der Waals surface area (Å²) in [7, 11) is 0. The Morgan fingerprint density at radius 1 is 1.35 bits per heavy atom. The van der Waals surface area contributed by atoms with Crippen molar-refractivity contribution >= 4 is 34.8 Å². The lowest BCUT2D eigenvalue weighted by atomic mass is 10.3. The molecule has 0 saturated carbocycles. The summed E-state index contributed by atoms with van der Waals surface area (Å²) in [6.45, 7) is 1.71. The molecule has 0 aliphatic carbocycles. The Labute approximate surface area is 108 Å². The summed E-state index contributed by atoms with van der Waals surface area (Å²) in [5, 5.41) is 7.09. The number of benzene rings is 1. The van der Waals surface area contributed by atoms with Gasteiger partial charge >= 0.3 is 0 Å². The predicted molar refractivity (Wildman–Crippen MR) is 65.7 cm³/mol. The van der Waals surface area contributed by atoms with Gasteiger partial charge in [0.15, 0.2) is 5.69 Å². The number of nitrogens with zero attached hydrogens (tertiary/aromatic N) is 1. The van der Waals surface area contributed by atoms with Gasteiger partial charge in [-0.05, 0) is 25.1 Å². The minimum atomic E-state index is -0.383. The molecule has 0 fully saturated rings. The van der Waals surface area contributed by atoms with E-state index in [2.05, 4.69) is 10.5 Å². The maximum Gasteiger partial charge on any atom is 0.277 e. The lowest BCUT2D eigenvalue weighted by molar-refractivity contribution is 0.101. The van der Waals surface area contributed by atoms with Crippen LogP contribution in [-0.2, 0) is 0 Å². The summed E-state index contributed by atoms with van der Waals surface area (Å²) < 4.78 is 4.81. The summed E-state index contributed by atoms with van der Waals surface area (Å²) in [5.74, 6) is 0.184. The third-order valence-electron chi connectivity index (χ3n) is 2.04. The van der Waals surface area contributed by atoms with Gasteiger partial charge in [0.2, 0.25) is 0 Å². The van der Waals surface area contributed by atoms with Crippen molar-refractivity contribution in [3.63, 3.8) is 0 Å². The van der Waals surface area contributed by atoms with Crippen LogP contribution in [0.3, 0.4) is 0 Å². The molecular formula is C11H8Cl2N2O2. The molecule has 0 radical (unpaired) electrons. The van der Waals surface area contributed by atoms with Crippen LogP contribution < -0.4 is 5.32 Å². The van der Waals surface area contributed by atoms with Gasteiger partial charge in [-0.25, -0.2) is 0 Å². The highest BCUT2D eigenvalue weighted by Crippen LogP contribution is 2.25. The van der Waals surface area contributed by atoms with Crippen LogP contribution in [0.1, 0.15) is 16.2 Å². The molecule has 2 aromatic rings. The van der Waals surface area contributed by atoms with Crippen molar-refractivity contribution in [3.8, 4) is 0 Å². The first-order chi connectivity index (χ1) is 8.06. The van der Waals surface area contributed by atoms with Crippen LogP contribution in [0.25, 0.3) is 0 Å². The van der Waals surface area contributed by atoms with Crippen LogP contribution in [0.15, 0.2) is 28.8 Å². The van der Waals surface area contributed by atoms with Crippen LogP contribution in [0.2, 0.25) is 10.0 Å². The zero-order chi connectivity index (χ0) is 12.4. The van der Waals surface area contributed by atoms with E-state index in [9.17, 15) is 4.79 Å². The van der Waals surface area contributed by atoms with Crippen LogP contribution in [-0.4, -0.2) is 11.1 Å².